The predicted molar refractivity (Wildman–Crippen MR) is 72.9 cm³/mol. The van der Waals surface area contributed by atoms with E-state index in [1.165, 1.54) is 5.69 Å². The molecule has 0 saturated heterocycles. The minimum absolute atomic E-state index is 0.717. The zero-order valence-corrected chi connectivity index (χ0v) is 11.8. The molecule has 0 radical (unpaired) electrons. The summed E-state index contributed by atoms with van der Waals surface area (Å²) in [7, 11) is 3.67. The average molecular weight is 263 g/mol. The Balaban J connectivity index is 1.88. The van der Waals surface area contributed by atoms with Gasteiger partial charge in [-0.3, -0.25) is 4.68 Å². The van der Waals surface area contributed by atoms with Crippen LogP contribution in [0.25, 0.3) is 0 Å². The van der Waals surface area contributed by atoms with Crippen LogP contribution >= 0.6 is 0 Å². The van der Waals surface area contributed by atoms with Gasteiger partial charge < -0.3 is 14.6 Å². The number of aryl methyl sites for hydroxylation is 2. The van der Waals surface area contributed by atoms with Crippen LogP contribution in [0.5, 0.6) is 0 Å². The van der Waals surface area contributed by atoms with Gasteiger partial charge in [0.1, 0.15) is 0 Å². The van der Waals surface area contributed by atoms with Crippen molar-refractivity contribution in [2.45, 2.75) is 20.0 Å². The van der Waals surface area contributed by atoms with E-state index >= 15 is 0 Å². The number of hydrogen-bond acceptors (Lipinski definition) is 4. The first-order valence-electron chi connectivity index (χ1n) is 6.39. The largest absolute Gasteiger partial charge is 0.383 e. The number of imidazole rings is 1. The maximum Gasteiger partial charge on any atom is 0.0953 e. The Labute approximate surface area is 113 Å². The van der Waals surface area contributed by atoms with E-state index < -0.39 is 0 Å². The molecule has 0 aromatic carbocycles. The third kappa shape index (κ3) is 3.90. The van der Waals surface area contributed by atoms with Crippen molar-refractivity contribution >= 4 is 0 Å². The number of rotatable bonds is 7. The van der Waals surface area contributed by atoms with Gasteiger partial charge in [-0.25, -0.2) is 4.98 Å². The molecule has 0 fully saturated rings. The summed E-state index contributed by atoms with van der Waals surface area (Å²) in [5, 5.41) is 7.62. The molecule has 0 bridgehead atoms. The van der Waals surface area contributed by atoms with Crippen molar-refractivity contribution in [1.29, 1.82) is 0 Å². The smallest absolute Gasteiger partial charge is 0.0953 e. The summed E-state index contributed by atoms with van der Waals surface area (Å²) in [4.78, 5) is 4.38. The molecular weight excluding hydrogens is 242 g/mol. The molecule has 2 aromatic heterocycles. The summed E-state index contributed by atoms with van der Waals surface area (Å²) < 4.78 is 8.96. The van der Waals surface area contributed by atoms with Crippen LogP contribution in [0.4, 0.5) is 0 Å². The molecular formula is C13H21N5O. The standard InChI is InChI=1S/C13H21N5O/c1-11-6-13(17(2)16-11)9-18-8-12(15-10-18)7-14-4-5-19-3/h6,8,10,14H,4-5,7,9H2,1-3H3. The van der Waals surface area contributed by atoms with Crippen LogP contribution in [0.2, 0.25) is 0 Å². The summed E-state index contributed by atoms with van der Waals surface area (Å²) >= 11 is 0. The lowest BCUT2D eigenvalue weighted by molar-refractivity contribution is 0.199. The molecule has 0 saturated carbocycles. The molecule has 0 spiro atoms. The van der Waals surface area contributed by atoms with E-state index in [0.717, 1.165) is 37.6 Å². The van der Waals surface area contributed by atoms with Crippen molar-refractivity contribution < 1.29 is 4.74 Å². The fraction of sp³-hybridized carbons (Fsp3) is 0.538. The van der Waals surface area contributed by atoms with Gasteiger partial charge >= 0.3 is 0 Å². The van der Waals surface area contributed by atoms with E-state index in [1.807, 2.05) is 25.0 Å². The molecule has 104 valence electrons. The summed E-state index contributed by atoms with van der Waals surface area (Å²) in [6.45, 7) is 5.12. The molecule has 6 nitrogen and oxygen atoms in total. The van der Waals surface area contributed by atoms with E-state index in [1.54, 1.807) is 7.11 Å². The van der Waals surface area contributed by atoms with E-state index in [9.17, 15) is 0 Å². The highest BCUT2D eigenvalue weighted by Gasteiger charge is 2.04. The zero-order valence-electron chi connectivity index (χ0n) is 11.8. The van der Waals surface area contributed by atoms with Gasteiger partial charge in [-0.1, -0.05) is 0 Å². The molecule has 6 heteroatoms. The van der Waals surface area contributed by atoms with Gasteiger partial charge in [0.25, 0.3) is 0 Å². The van der Waals surface area contributed by atoms with Crippen LogP contribution in [0, 0.1) is 6.92 Å². The van der Waals surface area contributed by atoms with Gasteiger partial charge in [0.15, 0.2) is 0 Å². The Morgan fingerprint density at radius 2 is 2.26 bits per heavy atom. The van der Waals surface area contributed by atoms with Crippen LogP contribution in [-0.2, 0) is 24.9 Å². The van der Waals surface area contributed by atoms with Crippen molar-refractivity contribution in [2.75, 3.05) is 20.3 Å². The molecule has 0 atom stereocenters. The van der Waals surface area contributed by atoms with Gasteiger partial charge in [-0.2, -0.15) is 5.10 Å². The van der Waals surface area contributed by atoms with Gasteiger partial charge in [0, 0.05) is 33.4 Å². The van der Waals surface area contributed by atoms with Crippen molar-refractivity contribution in [1.82, 2.24) is 24.6 Å². The van der Waals surface area contributed by atoms with E-state index in [0.29, 0.717) is 0 Å². The van der Waals surface area contributed by atoms with Crippen LogP contribution in [0.3, 0.4) is 0 Å². The Bertz CT molecular complexity index is 517. The monoisotopic (exact) mass is 263 g/mol. The van der Waals surface area contributed by atoms with Crippen LogP contribution in [-0.4, -0.2) is 39.6 Å². The molecule has 0 unspecified atom stereocenters. The number of aromatic nitrogens is 4. The molecule has 0 aliphatic carbocycles. The van der Waals surface area contributed by atoms with Gasteiger partial charge in [-0.15, -0.1) is 0 Å². The van der Waals surface area contributed by atoms with Crippen molar-refractivity contribution in [3.05, 3.63) is 35.7 Å². The normalized spacial score (nSPS) is 11.1. The molecule has 2 aromatic rings. The number of nitrogens with one attached hydrogen (secondary N) is 1. The third-order valence-corrected chi connectivity index (χ3v) is 2.92. The average Bonchev–Trinajstić information content (AvgIpc) is 2.93. The zero-order chi connectivity index (χ0) is 13.7. The molecule has 0 amide bonds. The van der Waals surface area contributed by atoms with Crippen molar-refractivity contribution in [2.24, 2.45) is 7.05 Å². The first-order chi connectivity index (χ1) is 9.19. The highest BCUT2D eigenvalue weighted by Crippen LogP contribution is 2.05. The quantitative estimate of drug-likeness (QED) is 0.748. The summed E-state index contributed by atoms with van der Waals surface area (Å²) in [6, 6.07) is 2.09. The van der Waals surface area contributed by atoms with Gasteiger partial charge in [0.2, 0.25) is 0 Å². The molecule has 2 rings (SSSR count). The van der Waals surface area contributed by atoms with E-state index in [4.69, 9.17) is 4.74 Å². The van der Waals surface area contributed by atoms with Crippen molar-refractivity contribution in [3.63, 3.8) is 0 Å². The first kappa shape index (κ1) is 13.8. The second kappa shape index (κ2) is 6.49. The lowest BCUT2D eigenvalue weighted by Gasteiger charge is -2.02. The Kier molecular flexibility index (Phi) is 4.70. The predicted octanol–water partition coefficient (Wildman–Crippen LogP) is 0.709. The van der Waals surface area contributed by atoms with E-state index in [2.05, 4.69) is 32.2 Å². The molecule has 0 aliphatic heterocycles. The molecule has 19 heavy (non-hydrogen) atoms. The lowest BCUT2D eigenvalue weighted by Crippen LogP contribution is -2.18. The van der Waals surface area contributed by atoms with Gasteiger partial charge in [0.05, 0.1) is 36.6 Å². The minimum atomic E-state index is 0.717. The fourth-order valence-electron chi connectivity index (χ4n) is 1.97. The number of nitrogens with zero attached hydrogens (tertiary/aromatic N) is 4. The van der Waals surface area contributed by atoms with Crippen LogP contribution in [0.1, 0.15) is 17.1 Å². The number of hydrogen-bond donors (Lipinski definition) is 1. The maximum absolute atomic E-state index is 4.98. The Morgan fingerprint density at radius 3 is 2.95 bits per heavy atom. The molecule has 1 N–H and O–H groups in total. The molecule has 0 aliphatic rings. The Morgan fingerprint density at radius 1 is 1.42 bits per heavy atom. The first-order valence-corrected chi connectivity index (χ1v) is 6.39. The van der Waals surface area contributed by atoms with Crippen LogP contribution in [0.15, 0.2) is 18.6 Å². The van der Waals surface area contributed by atoms with Gasteiger partial charge in [-0.05, 0) is 13.0 Å². The molecule has 2 heterocycles. The second-order valence-corrected chi connectivity index (χ2v) is 4.61. The third-order valence-electron chi connectivity index (χ3n) is 2.92. The summed E-state index contributed by atoms with van der Waals surface area (Å²) in [5.74, 6) is 0. The SMILES string of the molecule is COCCNCc1cn(Cc2cc(C)nn2C)cn1. The van der Waals surface area contributed by atoms with E-state index in [-0.39, 0.29) is 0 Å². The maximum atomic E-state index is 4.98. The number of methoxy groups -OCH3 is 1. The highest BCUT2D eigenvalue weighted by atomic mass is 16.5. The number of ether oxygens (including phenoxy) is 1. The highest BCUT2D eigenvalue weighted by molar-refractivity contribution is 5.10. The lowest BCUT2D eigenvalue weighted by atomic mass is 10.3. The summed E-state index contributed by atoms with van der Waals surface area (Å²) in [5.41, 5.74) is 3.25. The second-order valence-electron chi connectivity index (χ2n) is 4.61. The Hall–Kier alpha value is -1.66. The minimum Gasteiger partial charge on any atom is -0.383 e. The fourth-order valence-corrected chi connectivity index (χ4v) is 1.97. The van der Waals surface area contributed by atoms with Crippen LogP contribution < -0.4 is 5.32 Å². The topological polar surface area (TPSA) is 56.9 Å². The summed E-state index contributed by atoms with van der Waals surface area (Å²) in [6.07, 6.45) is 3.91. The van der Waals surface area contributed by atoms with Crippen molar-refractivity contribution in [3.8, 4) is 0 Å².